The van der Waals surface area contributed by atoms with Gasteiger partial charge in [0.15, 0.2) is 0 Å². The first-order chi connectivity index (χ1) is 24.8. The molecule has 4 rings (SSSR count). The zero-order chi connectivity index (χ0) is 39.2. The number of imide groups is 1. The number of hydrogen-bond acceptors (Lipinski definition) is 13. The van der Waals surface area contributed by atoms with Crippen molar-refractivity contribution >= 4 is 52.6 Å². The van der Waals surface area contributed by atoms with E-state index in [4.69, 9.17) is 18.9 Å². The standard InChI is InChI=1S/C36H48N8O9/c1-11-40-14-16-41(17-15-40)24-12-13-28(29(20-24)44(48)49)43(34(47)53-36(5,6)7)31-22-30(37-23-38-31)39(8)32(45)42(33(46)52-35(2,3)4)25-18-26(50-9)21-27(19-25)51-10/h12-13,18-23H,11,14-17H2,1-10H3. The van der Waals surface area contributed by atoms with Gasteiger partial charge >= 0.3 is 18.2 Å². The van der Waals surface area contributed by atoms with Crippen LogP contribution in [-0.4, -0.2) is 103 Å². The fraction of sp³-hybridized carbons (Fsp3) is 0.472. The van der Waals surface area contributed by atoms with Crippen LogP contribution < -0.4 is 29.1 Å². The molecule has 0 spiro atoms. The van der Waals surface area contributed by atoms with Crippen LogP contribution in [-0.2, 0) is 9.47 Å². The number of likely N-dealkylation sites (N-methyl/N-ethyl adjacent to an activating group) is 1. The number of ether oxygens (including phenoxy) is 4. The van der Waals surface area contributed by atoms with Crippen molar-refractivity contribution in [3.8, 4) is 11.5 Å². The van der Waals surface area contributed by atoms with Gasteiger partial charge in [0, 0.05) is 69.2 Å². The number of rotatable bonds is 9. The Hall–Kier alpha value is -5.71. The number of anilines is 5. The molecule has 0 N–H and O–H groups in total. The highest BCUT2D eigenvalue weighted by Crippen LogP contribution is 2.38. The zero-order valence-electron chi connectivity index (χ0n) is 31.9. The molecule has 2 aromatic carbocycles. The Morgan fingerprint density at radius 2 is 1.40 bits per heavy atom. The van der Waals surface area contributed by atoms with E-state index >= 15 is 0 Å². The lowest BCUT2D eigenvalue weighted by molar-refractivity contribution is -0.384. The van der Waals surface area contributed by atoms with E-state index in [-0.39, 0.29) is 28.7 Å². The normalized spacial score (nSPS) is 13.5. The van der Waals surface area contributed by atoms with Crippen LogP contribution in [0.3, 0.4) is 0 Å². The lowest BCUT2D eigenvalue weighted by Gasteiger charge is -2.35. The molecule has 3 aromatic rings. The van der Waals surface area contributed by atoms with Gasteiger partial charge in [0.25, 0.3) is 5.69 Å². The van der Waals surface area contributed by atoms with Crippen LogP contribution in [0.25, 0.3) is 0 Å². The minimum absolute atomic E-state index is 0.0648. The molecule has 1 saturated heterocycles. The molecule has 1 aliphatic rings. The Morgan fingerprint density at radius 1 is 0.830 bits per heavy atom. The Bertz CT molecular complexity index is 1790. The van der Waals surface area contributed by atoms with Gasteiger partial charge in [-0.1, -0.05) is 6.92 Å². The quantitative estimate of drug-likeness (QED) is 0.170. The third kappa shape index (κ3) is 10.0. The smallest absolute Gasteiger partial charge is 0.423 e. The van der Waals surface area contributed by atoms with Crippen molar-refractivity contribution in [1.29, 1.82) is 0 Å². The molecule has 1 aliphatic heterocycles. The molecule has 1 fully saturated rings. The van der Waals surface area contributed by atoms with Crippen molar-refractivity contribution in [3.05, 3.63) is 58.9 Å². The molecule has 0 radical (unpaired) electrons. The average molecular weight is 737 g/mol. The molecule has 2 heterocycles. The van der Waals surface area contributed by atoms with E-state index < -0.39 is 34.3 Å². The molecule has 0 atom stereocenters. The maximum atomic E-state index is 14.2. The number of nitro benzene ring substituents is 1. The van der Waals surface area contributed by atoms with Gasteiger partial charge in [-0.25, -0.2) is 29.3 Å². The predicted molar refractivity (Wildman–Crippen MR) is 200 cm³/mol. The first kappa shape index (κ1) is 40.1. The summed E-state index contributed by atoms with van der Waals surface area (Å²) in [6.45, 7) is 15.9. The molecule has 0 bridgehead atoms. The highest BCUT2D eigenvalue weighted by molar-refractivity contribution is 6.17. The first-order valence-electron chi connectivity index (χ1n) is 17.0. The second-order valence-electron chi connectivity index (χ2n) is 14.1. The van der Waals surface area contributed by atoms with Gasteiger partial charge in [0.1, 0.15) is 46.4 Å². The van der Waals surface area contributed by atoms with Crippen molar-refractivity contribution in [2.45, 2.75) is 59.7 Å². The van der Waals surface area contributed by atoms with Crippen molar-refractivity contribution < 1.29 is 38.3 Å². The molecule has 17 nitrogen and oxygen atoms in total. The minimum Gasteiger partial charge on any atom is -0.497 e. The van der Waals surface area contributed by atoms with Crippen LogP contribution in [0, 0.1) is 10.1 Å². The van der Waals surface area contributed by atoms with Crippen molar-refractivity contribution in [3.63, 3.8) is 0 Å². The van der Waals surface area contributed by atoms with E-state index in [2.05, 4.69) is 26.7 Å². The highest BCUT2D eigenvalue weighted by Gasteiger charge is 2.35. The molecular formula is C36H48N8O9. The number of hydrogen-bond donors (Lipinski definition) is 0. The fourth-order valence-electron chi connectivity index (χ4n) is 5.40. The van der Waals surface area contributed by atoms with Crippen molar-refractivity contribution in [2.24, 2.45) is 0 Å². The van der Waals surface area contributed by atoms with Crippen LogP contribution in [0.5, 0.6) is 11.5 Å². The average Bonchev–Trinajstić information content (AvgIpc) is 3.10. The van der Waals surface area contributed by atoms with Crippen LogP contribution in [0.1, 0.15) is 48.5 Å². The summed E-state index contributed by atoms with van der Waals surface area (Å²) >= 11 is 0. The molecule has 53 heavy (non-hydrogen) atoms. The van der Waals surface area contributed by atoms with E-state index in [1.807, 2.05) is 0 Å². The third-order valence-electron chi connectivity index (χ3n) is 8.02. The molecule has 0 unspecified atom stereocenters. The number of aromatic nitrogens is 2. The summed E-state index contributed by atoms with van der Waals surface area (Å²) < 4.78 is 22.0. The first-order valence-corrected chi connectivity index (χ1v) is 17.0. The fourth-order valence-corrected chi connectivity index (χ4v) is 5.40. The minimum atomic E-state index is -0.999. The van der Waals surface area contributed by atoms with Gasteiger partial charge < -0.3 is 28.7 Å². The molecule has 17 heteroatoms. The molecular weight excluding hydrogens is 688 g/mol. The largest absolute Gasteiger partial charge is 0.497 e. The van der Waals surface area contributed by atoms with E-state index in [1.54, 1.807) is 53.7 Å². The summed E-state index contributed by atoms with van der Waals surface area (Å²) in [4.78, 5) is 69.3. The van der Waals surface area contributed by atoms with Crippen molar-refractivity contribution in [1.82, 2.24) is 14.9 Å². The number of nitro groups is 1. The van der Waals surface area contributed by atoms with E-state index in [0.29, 0.717) is 30.3 Å². The Labute approximate surface area is 309 Å². The third-order valence-corrected chi connectivity index (χ3v) is 8.02. The van der Waals surface area contributed by atoms with Gasteiger partial charge in [-0.3, -0.25) is 15.0 Å². The van der Waals surface area contributed by atoms with E-state index in [1.165, 1.54) is 51.6 Å². The van der Waals surface area contributed by atoms with Gasteiger partial charge in [-0.15, -0.1) is 0 Å². The SMILES string of the molecule is CCN1CCN(c2ccc(N(C(=O)OC(C)(C)C)c3cc(N(C)C(=O)N(C(=O)OC(C)(C)C)c4cc(OC)cc(OC)c4)ncn3)c([N+](=O)[O-])c2)CC1. The maximum absolute atomic E-state index is 14.2. The van der Waals surface area contributed by atoms with Crippen LogP contribution in [0.4, 0.5) is 48.8 Å². The molecule has 0 saturated carbocycles. The number of carbonyl (C=O) groups is 3. The Morgan fingerprint density at radius 3 is 1.92 bits per heavy atom. The topological polar surface area (TPSA) is 173 Å². The molecule has 1 aromatic heterocycles. The summed E-state index contributed by atoms with van der Waals surface area (Å²) in [7, 11) is 4.21. The zero-order valence-corrected chi connectivity index (χ0v) is 31.9. The molecule has 286 valence electrons. The van der Waals surface area contributed by atoms with E-state index in [0.717, 1.165) is 40.7 Å². The van der Waals surface area contributed by atoms with Gasteiger partial charge in [-0.2, -0.15) is 4.90 Å². The summed E-state index contributed by atoms with van der Waals surface area (Å²) in [5.74, 6) is 0.404. The van der Waals surface area contributed by atoms with Gasteiger partial charge in [0.05, 0.1) is 24.8 Å². The highest BCUT2D eigenvalue weighted by atomic mass is 16.6. The monoisotopic (exact) mass is 736 g/mol. The van der Waals surface area contributed by atoms with Gasteiger partial charge in [-0.05, 0) is 60.2 Å². The van der Waals surface area contributed by atoms with Crippen molar-refractivity contribution in [2.75, 3.05) is 73.6 Å². The number of carbonyl (C=O) groups excluding carboxylic acids is 3. The lowest BCUT2D eigenvalue weighted by Crippen LogP contribution is -2.47. The number of nitrogens with zero attached hydrogens (tertiary/aromatic N) is 8. The number of benzene rings is 2. The summed E-state index contributed by atoms with van der Waals surface area (Å²) in [5.41, 5.74) is -1.73. The number of amides is 4. The molecule has 0 aliphatic carbocycles. The maximum Gasteiger partial charge on any atom is 0.423 e. The summed E-state index contributed by atoms with van der Waals surface area (Å²) in [5, 5.41) is 12.6. The van der Waals surface area contributed by atoms with Crippen LogP contribution >= 0.6 is 0 Å². The van der Waals surface area contributed by atoms with Crippen LogP contribution in [0.2, 0.25) is 0 Å². The summed E-state index contributed by atoms with van der Waals surface area (Å²) in [6.07, 6.45) is -0.866. The predicted octanol–water partition coefficient (Wildman–Crippen LogP) is 6.62. The second kappa shape index (κ2) is 16.3. The Kier molecular flexibility index (Phi) is 12.3. The number of urea groups is 1. The Balaban J connectivity index is 1.80. The number of piperazine rings is 1. The van der Waals surface area contributed by atoms with E-state index in [9.17, 15) is 24.5 Å². The van der Waals surface area contributed by atoms with Crippen LogP contribution in [0.15, 0.2) is 48.8 Å². The van der Waals surface area contributed by atoms with Gasteiger partial charge in [0.2, 0.25) is 0 Å². The molecule has 4 amide bonds. The lowest BCUT2D eigenvalue weighted by atomic mass is 10.1. The second-order valence-corrected chi connectivity index (χ2v) is 14.1. The number of methoxy groups -OCH3 is 2. The summed E-state index contributed by atoms with van der Waals surface area (Å²) in [6, 6.07) is 9.48.